The molecule has 3 rings (SSSR count). The van der Waals surface area contributed by atoms with Gasteiger partial charge in [0.25, 0.3) is 5.56 Å². The van der Waals surface area contributed by atoms with Crippen molar-refractivity contribution in [3.63, 3.8) is 0 Å². The van der Waals surface area contributed by atoms with E-state index < -0.39 is 0 Å². The van der Waals surface area contributed by atoms with Gasteiger partial charge in [0.2, 0.25) is 0 Å². The molecule has 0 spiro atoms. The number of rotatable bonds is 2. The molecule has 0 amide bonds. The summed E-state index contributed by atoms with van der Waals surface area (Å²) >= 11 is 0. The molecule has 1 fully saturated rings. The van der Waals surface area contributed by atoms with E-state index >= 15 is 0 Å². The summed E-state index contributed by atoms with van der Waals surface area (Å²) in [6.07, 6.45) is 4.62. The Labute approximate surface area is 129 Å². The van der Waals surface area contributed by atoms with Gasteiger partial charge in [0.1, 0.15) is 5.82 Å². The van der Waals surface area contributed by atoms with E-state index in [4.69, 9.17) is 0 Å². The molecule has 0 unspecified atom stereocenters. The number of aromatic amines is 1. The molecule has 0 bridgehead atoms. The quantitative estimate of drug-likeness (QED) is 0.925. The Morgan fingerprint density at radius 3 is 2.36 bits per heavy atom. The van der Waals surface area contributed by atoms with Gasteiger partial charge in [0.05, 0.1) is 5.69 Å². The van der Waals surface area contributed by atoms with Crippen LogP contribution in [0.5, 0.6) is 0 Å². The van der Waals surface area contributed by atoms with Crippen molar-refractivity contribution >= 4 is 5.82 Å². The smallest absolute Gasteiger partial charge is 0.334 e. The fraction of sp³-hybridized carbons (Fsp3) is 0.412. The third kappa shape index (κ3) is 2.98. The Bertz CT molecular complexity index is 737. The molecule has 5 nitrogen and oxygen atoms in total. The van der Waals surface area contributed by atoms with Crippen LogP contribution in [-0.4, -0.2) is 22.6 Å². The van der Waals surface area contributed by atoms with Crippen molar-refractivity contribution in [2.45, 2.75) is 32.6 Å². The lowest BCUT2D eigenvalue weighted by atomic mass is 10.2. The van der Waals surface area contributed by atoms with E-state index in [0.717, 1.165) is 31.5 Å². The summed E-state index contributed by atoms with van der Waals surface area (Å²) in [4.78, 5) is 29.8. The maximum Gasteiger partial charge on any atom is 0.334 e. The van der Waals surface area contributed by atoms with Crippen LogP contribution in [0, 0.1) is 6.92 Å². The van der Waals surface area contributed by atoms with Gasteiger partial charge in [0.15, 0.2) is 0 Å². The SMILES string of the molecule is Cc1cccc(-n2c(=O)cc(N3CCCCCC3)[nH]c2=O)c1. The average Bonchev–Trinajstić information content (AvgIpc) is 2.75. The molecule has 1 aromatic heterocycles. The van der Waals surface area contributed by atoms with Gasteiger partial charge in [-0.2, -0.15) is 0 Å². The molecule has 116 valence electrons. The lowest BCUT2D eigenvalue weighted by Crippen LogP contribution is -2.37. The van der Waals surface area contributed by atoms with Gasteiger partial charge in [0, 0.05) is 19.2 Å². The summed E-state index contributed by atoms with van der Waals surface area (Å²) in [5.74, 6) is 0.640. The number of anilines is 1. The standard InChI is InChI=1S/C17H21N3O2/c1-13-7-6-8-14(11-13)20-16(21)12-15(18-17(20)22)19-9-4-2-3-5-10-19/h6-8,11-12H,2-5,9-10H2,1H3,(H,18,22). The van der Waals surface area contributed by atoms with Crippen LogP contribution in [0.1, 0.15) is 31.2 Å². The number of nitrogens with one attached hydrogen (secondary N) is 1. The summed E-state index contributed by atoms with van der Waals surface area (Å²) in [5, 5.41) is 0. The zero-order valence-electron chi connectivity index (χ0n) is 12.8. The lowest BCUT2D eigenvalue weighted by molar-refractivity contribution is 0.726. The molecular weight excluding hydrogens is 278 g/mol. The Kier molecular flexibility index (Phi) is 4.13. The molecule has 22 heavy (non-hydrogen) atoms. The second kappa shape index (κ2) is 6.22. The first-order valence-corrected chi connectivity index (χ1v) is 7.83. The summed E-state index contributed by atoms with van der Waals surface area (Å²) in [6, 6.07) is 8.93. The van der Waals surface area contributed by atoms with Crippen molar-refractivity contribution in [2.24, 2.45) is 0 Å². The van der Waals surface area contributed by atoms with E-state index in [9.17, 15) is 9.59 Å². The number of benzene rings is 1. The Balaban J connectivity index is 2.01. The van der Waals surface area contributed by atoms with Crippen molar-refractivity contribution in [1.82, 2.24) is 9.55 Å². The zero-order valence-corrected chi connectivity index (χ0v) is 12.8. The molecule has 0 saturated carbocycles. The summed E-state index contributed by atoms with van der Waals surface area (Å²) in [7, 11) is 0. The minimum absolute atomic E-state index is 0.284. The lowest BCUT2D eigenvalue weighted by Gasteiger charge is -2.22. The molecular formula is C17H21N3O2. The van der Waals surface area contributed by atoms with Crippen LogP contribution in [-0.2, 0) is 0 Å². The zero-order chi connectivity index (χ0) is 15.5. The summed E-state index contributed by atoms with van der Waals surface area (Å²) < 4.78 is 1.19. The normalized spacial score (nSPS) is 15.6. The number of aromatic nitrogens is 2. The molecule has 1 aliphatic heterocycles. The third-order valence-electron chi connectivity index (χ3n) is 4.13. The average molecular weight is 299 g/mol. The summed E-state index contributed by atoms with van der Waals surface area (Å²) in [6.45, 7) is 3.72. The number of H-pyrrole nitrogens is 1. The molecule has 2 aromatic rings. The van der Waals surface area contributed by atoms with Crippen molar-refractivity contribution in [3.05, 3.63) is 56.7 Å². The van der Waals surface area contributed by atoms with E-state index in [2.05, 4.69) is 9.88 Å². The summed E-state index contributed by atoms with van der Waals surface area (Å²) in [5.41, 5.74) is 0.958. The van der Waals surface area contributed by atoms with Gasteiger partial charge in [-0.1, -0.05) is 25.0 Å². The highest BCUT2D eigenvalue weighted by Crippen LogP contribution is 2.15. The first kappa shape index (κ1) is 14.6. The monoisotopic (exact) mass is 299 g/mol. The van der Waals surface area contributed by atoms with Crippen LogP contribution in [0.2, 0.25) is 0 Å². The number of hydrogen-bond donors (Lipinski definition) is 1. The second-order valence-electron chi connectivity index (χ2n) is 5.87. The van der Waals surface area contributed by atoms with Gasteiger partial charge in [-0.05, 0) is 37.5 Å². The van der Waals surface area contributed by atoms with Crippen molar-refractivity contribution < 1.29 is 0 Å². The van der Waals surface area contributed by atoms with Gasteiger partial charge in [-0.15, -0.1) is 0 Å². The first-order valence-electron chi connectivity index (χ1n) is 7.83. The van der Waals surface area contributed by atoms with E-state index in [0.29, 0.717) is 11.5 Å². The van der Waals surface area contributed by atoms with Crippen LogP contribution in [0.15, 0.2) is 39.9 Å². The van der Waals surface area contributed by atoms with Crippen LogP contribution in [0.25, 0.3) is 5.69 Å². The van der Waals surface area contributed by atoms with Crippen LogP contribution >= 0.6 is 0 Å². The first-order chi connectivity index (χ1) is 10.6. The van der Waals surface area contributed by atoms with Crippen LogP contribution < -0.4 is 16.1 Å². The van der Waals surface area contributed by atoms with Crippen LogP contribution in [0.3, 0.4) is 0 Å². The van der Waals surface area contributed by atoms with Crippen molar-refractivity contribution in [3.8, 4) is 5.69 Å². The van der Waals surface area contributed by atoms with Gasteiger partial charge in [-0.25, -0.2) is 9.36 Å². The predicted molar refractivity (Wildman–Crippen MR) is 88.1 cm³/mol. The molecule has 5 heteroatoms. The van der Waals surface area contributed by atoms with Crippen molar-refractivity contribution in [1.29, 1.82) is 0 Å². The third-order valence-corrected chi connectivity index (χ3v) is 4.13. The number of aryl methyl sites for hydroxylation is 1. The highest BCUT2D eigenvalue weighted by atomic mass is 16.2. The Hall–Kier alpha value is -2.30. The molecule has 2 heterocycles. The fourth-order valence-electron chi connectivity index (χ4n) is 2.98. The molecule has 1 N–H and O–H groups in total. The van der Waals surface area contributed by atoms with E-state index in [-0.39, 0.29) is 11.2 Å². The van der Waals surface area contributed by atoms with E-state index in [1.807, 2.05) is 25.1 Å². The highest BCUT2D eigenvalue weighted by molar-refractivity contribution is 5.40. The topological polar surface area (TPSA) is 58.1 Å². The fourth-order valence-corrected chi connectivity index (χ4v) is 2.98. The molecule has 1 aromatic carbocycles. The maximum atomic E-state index is 12.4. The minimum Gasteiger partial charge on any atom is -0.358 e. The van der Waals surface area contributed by atoms with Gasteiger partial charge in [-0.3, -0.25) is 9.78 Å². The van der Waals surface area contributed by atoms with Crippen molar-refractivity contribution in [2.75, 3.05) is 18.0 Å². The number of nitrogens with zero attached hydrogens (tertiary/aromatic N) is 2. The Morgan fingerprint density at radius 2 is 1.73 bits per heavy atom. The second-order valence-corrected chi connectivity index (χ2v) is 5.87. The van der Waals surface area contributed by atoms with E-state index in [1.165, 1.54) is 23.5 Å². The maximum absolute atomic E-state index is 12.4. The van der Waals surface area contributed by atoms with Gasteiger partial charge >= 0.3 is 5.69 Å². The largest absolute Gasteiger partial charge is 0.358 e. The molecule has 1 saturated heterocycles. The number of hydrogen-bond acceptors (Lipinski definition) is 3. The van der Waals surface area contributed by atoms with Gasteiger partial charge < -0.3 is 4.90 Å². The highest BCUT2D eigenvalue weighted by Gasteiger charge is 2.14. The molecule has 0 aliphatic carbocycles. The minimum atomic E-state index is -0.377. The Morgan fingerprint density at radius 1 is 1.00 bits per heavy atom. The molecule has 1 aliphatic rings. The molecule has 0 atom stereocenters. The predicted octanol–water partition coefficient (Wildman–Crippen LogP) is 2.21. The molecule has 0 radical (unpaired) electrons. The van der Waals surface area contributed by atoms with E-state index in [1.54, 1.807) is 6.07 Å². The van der Waals surface area contributed by atoms with Crippen LogP contribution in [0.4, 0.5) is 5.82 Å².